The van der Waals surface area contributed by atoms with E-state index in [0.29, 0.717) is 6.61 Å². The van der Waals surface area contributed by atoms with Crippen LogP contribution >= 0.6 is 0 Å². The maximum atomic E-state index is 5.84. The first kappa shape index (κ1) is 14.7. The molecule has 0 saturated carbocycles. The molecule has 3 heterocycles. The van der Waals surface area contributed by atoms with E-state index in [1.807, 2.05) is 25.2 Å². The van der Waals surface area contributed by atoms with E-state index in [0.717, 1.165) is 50.8 Å². The van der Waals surface area contributed by atoms with Crippen molar-refractivity contribution < 1.29 is 9.47 Å². The monoisotopic (exact) mass is 292 g/mol. The summed E-state index contributed by atoms with van der Waals surface area (Å²) in [7, 11) is 5.71. The second-order valence-corrected chi connectivity index (χ2v) is 6.23. The molecule has 116 valence electrons. The number of nitrogens with zero attached hydrogens (tertiary/aromatic N) is 4. The number of methoxy groups -OCH3 is 1. The lowest BCUT2D eigenvalue weighted by Gasteiger charge is -2.34. The third-order valence-corrected chi connectivity index (χ3v) is 4.43. The lowest BCUT2D eigenvalue weighted by Crippen LogP contribution is -2.41. The molecule has 1 aromatic heterocycles. The second-order valence-electron chi connectivity index (χ2n) is 6.23. The standard InChI is InChI=1S/C15H24N4O2/c1-18(2)14-16-8-12-9-21-11-15(13(12)17-14)4-5-19(10-15)6-7-20-3/h8H,4-7,9-11H2,1-3H3/t15-/m1/s1. The average Bonchev–Trinajstić information content (AvgIpc) is 2.89. The highest BCUT2D eigenvalue weighted by Crippen LogP contribution is 2.39. The van der Waals surface area contributed by atoms with Crippen molar-refractivity contribution in [2.45, 2.75) is 18.4 Å². The molecule has 2 aliphatic heterocycles. The third-order valence-electron chi connectivity index (χ3n) is 4.43. The van der Waals surface area contributed by atoms with E-state index in [2.05, 4.69) is 9.88 Å². The van der Waals surface area contributed by atoms with E-state index < -0.39 is 0 Å². The summed E-state index contributed by atoms with van der Waals surface area (Å²) in [6.45, 7) is 5.20. The van der Waals surface area contributed by atoms with Gasteiger partial charge < -0.3 is 14.4 Å². The van der Waals surface area contributed by atoms with Crippen molar-refractivity contribution in [2.75, 3.05) is 59.0 Å². The van der Waals surface area contributed by atoms with Gasteiger partial charge in [-0.1, -0.05) is 0 Å². The number of hydrogen-bond donors (Lipinski definition) is 0. The Labute approximate surface area is 126 Å². The summed E-state index contributed by atoms with van der Waals surface area (Å²) < 4.78 is 11.0. The smallest absolute Gasteiger partial charge is 0.225 e. The van der Waals surface area contributed by atoms with Crippen LogP contribution < -0.4 is 4.90 Å². The van der Waals surface area contributed by atoms with E-state index in [4.69, 9.17) is 14.5 Å². The lowest BCUT2D eigenvalue weighted by atomic mass is 9.80. The topological polar surface area (TPSA) is 50.7 Å². The van der Waals surface area contributed by atoms with E-state index >= 15 is 0 Å². The Bertz CT molecular complexity index is 508. The Balaban J connectivity index is 1.87. The van der Waals surface area contributed by atoms with Crippen LogP contribution in [0.3, 0.4) is 0 Å². The highest BCUT2D eigenvalue weighted by atomic mass is 16.5. The fraction of sp³-hybridized carbons (Fsp3) is 0.733. The van der Waals surface area contributed by atoms with Gasteiger partial charge in [-0.3, -0.25) is 4.90 Å². The molecule has 0 aromatic carbocycles. The number of aromatic nitrogens is 2. The van der Waals surface area contributed by atoms with Gasteiger partial charge in [0.2, 0.25) is 5.95 Å². The molecule has 3 rings (SSSR count). The number of likely N-dealkylation sites (tertiary alicyclic amines) is 1. The van der Waals surface area contributed by atoms with Crippen molar-refractivity contribution in [1.29, 1.82) is 0 Å². The Morgan fingerprint density at radius 2 is 2.33 bits per heavy atom. The average molecular weight is 292 g/mol. The Hall–Kier alpha value is -1.24. The molecule has 0 bridgehead atoms. The van der Waals surface area contributed by atoms with Gasteiger partial charge in [-0.05, 0) is 13.0 Å². The van der Waals surface area contributed by atoms with Crippen LogP contribution in [-0.4, -0.2) is 68.9 Å². The minimum Gasteiger partial charge on any atom is -0.383 e. The summed E-state index contributed by atoms with van der Waals surface area (Å²) in [4.78, 5) is 13.7. The van der Waals surface area contributed by atoms with Crippen LogP contribution in [-0.2, 0) is 21.5 Å². The molecule has 1 atom stereocenters. The zero-order valence-corrected chi connectivity index (χ0v) is 13.1. The molecular weight excluding hydrogens is 268 g/mol. The summed E-state index contributed by atoms with van der Waals surface area (Å²) in [5.74, 6) is 0.783. The van der Waals surface area contributed by atoms with Gasteiger partial charge >= 0.3 is 0 Å². The maximum absolute atomic E-state index is 5.84. The molecule has 0 aliphatic carbocycles. The van der Waals surface area contributed by atoms with Gasteiger partial charge in [0.05, 0.1) is 30.9 Å². The number of rotatable bonds is 4. The van der Waals surface area contributed by atoms with Crippen LogP contribution in [0.4, 0.5) is 5.95 Å². The first-order chi connectivity index (χ1) is 10.1. The number of hydrogen-bond acceptors (Lipinski definition) is 6. The van der Waals surface area contributed by atoms with Crippen LogP contribution in [0.2, 0.25) is 0 Å². The fourth-order valence-corrected chi connectivity index (χ4v) is 3.28. The van der Waals surface area contributed by atoms with E-state index in [1.165, 1.54) is 5.69 Å². The first-order valence-corrected chi connectivity index (χ1v) is 7.47. The largest absolute Gasteiger partial charge is 0.383 e. The lowest BCUT2D eigenvalue weighted by molar-refractivity contribution is 0.0492. The molecule has 1 saturated heterocycles. The van der Waals surface area contributed by atoms with Gasteiger partial charge in [0.1, 0.15) is 0 Å². The third kappa shape index (κ3) is 2.75. The molecule has 2 aliphatic rings. The predicted molar refractivity (Wildman–Crippen MR) is 80.6 cm³/mol. The molecule has 0 N–H and O–H groups in total. The second kappa shape index (κ2) is 5.87. The van der Waals surface area contributed by atoms with Gasteiger partial charge in [-0.15, -0.1) is 0 Å². The zero-order chi connectivity index (χ0) is 14.9. The summed E-state index contributed by atoms with van der Waals surface area (Å²) in [6.07, 6.45) is 3.02. The van der Waals surface area contributed by atoms with E-state index in [1.54, 1.807) is 7.11 Å². The van der Waals surface area contributed by atoms with Crippen molar-refractivity contribution in [1.82, 2.24) is 14.9 Å². The van der Waals surface area contributed by atoms with Crippen LogP contribution in [0.15, 0.2) is 6.20 Å². The number of fused-ring (bicyclic) bond motifs is 2. The van der Waals surface area contributed by atoms with Gasteiger partial charge in [-0.25, -0.2) is 9.97 Å². The quantitative estimate of drug-likeness (QED) is 0.813. The summed E-state index contributed by atoms with van der Waals surface area (Å²) >= 11 is 0. The Morgan fingerprint density at radius 3 is 3.10 bits per heavy atom. The molecule has 1 spiro atoms. The van der Waals surface area contributed by atoms with Gasteiger partial charge in [0, 0.05) is 46.1 Å². The number of anilines is 1. The SMILES string of the molecule is COCCN1CC[C@]2(COCc3cnc(N(C)C)nc32)C1. The summed E-state index contributed by atoms with van der Waals surface area (Å²) in [5.41, 5.74) is 2.35. The molecular formula is C15H24N4O2. The molecule has 0 radical (unpaired) electrons. The van der Waals surface area contributed by atoms with Crippen LogP contribution in [0, 0.1) is 0 Å². The van der Waals surface area contributed by atoms with Crippen molar-refractivity contribution in [2.24, 2.45) is 0 Å². The molecule has 6 nitrogen and oxygen atoms in total. The van der Waals surface area contributed by atoms with Crippen molar-refractivity contribution in [3.8, 4) is 0 Å². The Morgan fingerprint density at radius 1 is 1.48 bits per heavy atom. The maximum Gasteiger partial charge on any atom is 0.225 e. The summed E-state index contributed by atoms with van der Waals surface area (Å²) in [5, 5.41) is 0. The minimum atomic E-state index is 0.0228. The van der Waals surface area contributed by atoms with Crippen molar-refractivity contribution in [3.63, 3.8) is 0 Å². The van der Waals surface area contributed by atoms with E-state index in [-0.39, 0.29) is 5.41 Å². The minimum absolute atomic E-state index is 0.0228. The Kier molecular flexibility index (Phi) is 4.10. The van der Waals surface area contributed by atoms with Crippen LogP contribution in [0.5, 0.6) is 0 Å². The summed E-state index contributed by atoms with van der Waals surface area (Å²) in [6, 6.07) is 0. The molecule has 0 amide bonds. The fourth-order valence-electron chi connectivity index (χ4n) is 3.28. The molecule has 21 heavy (non-hydrogen) atoms. The molecule has 0 unspecified atom stereocenters. The van der Waals surface area contributed by atoms with Crippen molar-refractivity contribution >= 4 is 5.95 Å². The highest BCUT2D eigenvalue weighted by Gasteiger charge is 2.44. The number of ether oxygens (including phenoxy) is 2. The normalized spacial score (nSPS) is 25.3. The van der Waals surface area contributed by atoms with Gasteiger partial charge in [0.15, 0.2) is 0 Å². The zero-order valence-electron chi connectivity index (χ0n) is 13.1. The van der Waals surface area contributed by atoms with Gasteiger partial charge in [-0.2, -0.15) is 0 Å². The molecule has 6 heteroatoms. The highest BCUT2D eigenvalue weighted by molar-refractivity contribution is 5.37. The van der Waals surface area contributed by atoms with E-state index in [9.17, 15) is 0 Å². The molecule has 1 fully saturated rings. The van der Waals surface area contributed by atoms with Crippen LogP contribution in [0.1, 0.15) is 17.7 Å². The van der Waals surface area contributed by atoms with Crippen LogP contribution in [0.25, 0.3) is 0 Å². The first-order valence-electron chi connectivity index (χ1n) is 7.47. The predicted octanol–water partition coefficient (Wildman–Crippen LogP) is 0.663. The van der Waals surface area contributed by atoms with Gasteiger partial charge in [0.25, 0.3) is 0 Å². The molecule has 1 aromatic rings. The van der Waals surface area contributed by atoms with Crippen molar-refractivity contribution in [3.05, 3.63) is 17.5 Å².